The Morgan fingerprint density at radius 3 is 1.88 bits per heavy atom. The second-order valence-electron chi connectivity index (χ2n) is 6.30. The number of nitrogen functional groups attached to an aromatic ring is 2. The number of benzene rings is 1. The number of nitrogens with two attached hydrogens (primary N) is 2. The van der Waals surface area contributed by atoms with E-state index < -0.39 is 0 Å². The lowest BCUT2D eigenvalue weighted by atomic mass is 9.83. The summed E-state index contributed by atoms with van der Waals surface area (Å²) in [6.07, 6.45) is 5.62. The van der Waals surface area contributed by atoms with Crippen molar-refractivity contribution in [1.82, 2.24) is 0 Å². The number of aryl methyl sites for hydroxylation is 1. The Kier molecular flexibility index (Phi) is 12.4. The highest BCUT2D eigenvalue weighted by Crippen LogP contribution is 2.30. The van der Waals surface area contributed by atoms with Crippen molar-refractivity contribution < 1.29 is 4.79 Å². The van der Waals surface area contributed by atoms with Crippen molar-refractivity contribution in [3.63, 3.8) is 0 Å². The maximum Gasteiger partial charge on any atom is 0.116 e. The molecule has 0 fully saturated rings. The third-order valence-electron chi connectivity index (χ3n) is 3.23. The number of aldehydes is 1. The number of anilines is 2. The monoisotopic (exact) mass is 333 g/mol. The third kappa shape index (κ3) is 9.82. The van der Waals surface area contributed by atoms with Crippen LogP contribution in [-0.4, -0.2) is 12.5 Å². The summed E-state index contributed by atoms with van der Waals surface area (Å²) in [4.78, 5) is 12.9. The molecule has 0 amide bonds. The molecule has 0 unspecified atom stereocenters. The van der Waals surface area contributed by atoms with Crippen LogP contribution in [0.5, 0.6) is 0 Å². The van der Waals surface area contributed by atoms with Crippen molar-refractivity contribution in [1.29, 1.82) is 0 Å². The number of nitrogens with zero attached hydrogens (tertiary/aromatic N) is 1. The van der Waals surface area contributed by atoms with Gasteiger partial charge in [0, 0.05) is 11.9 Å². The molecule has 0 aromatic heterocycles. The maximum absolute atomic E-state index is 8.81. The van der Waals surface area contributed by atoms with Crippen molar-refractivity contribution in [3.05, 3.63) is 35.0 Å². The SMILES string of the molecule is CC=N/C(=C\C)CC.CC=O.Cc1cc(N)c(N)cc1C(C)(C)C. The molecule has 0 aliphatic heterocycles. The largest absolute Gasteiger partial charge is 0.397 e. The first kappa shape index (κ1) is 24.2. The molecule has 136 valence electrons. The first-order chi connectivity index (χ1) is 11.1. The van der Waals surface area contributed by atoms with Gasteiger partial charge < -0.3 is 16.3 Å². The molecule has 0 saturated carbocycles. The predicted molar refractivity (Wildman–Crippen MR) is 109 cm³/mol. The highest BCUT2D eigenvalue weighted by molar-refractivity contribution is 5.66. The van der Waals surface area contributed by atoms with E-state index in [1.807, 2.05) is 38.3 Å². The van der Waals surface area contributed by atoms with Gasteiger partial charge in [-0.2, -0.15) is 0 Å². The van der Waals surface area contributed by atoms with Crippen LogP contribution in [0.2, 0.25) is 0 Å². The fraction of sp³-hybridized carbons (Fsp3) is 0.500. The minimum Gasteiger partial charge on any atom is -0.397 e. The van der Waals surface area contributed by atoms with Crippen LogP contribution in [0.1, 0.15) is 66.0 Å². The smallest absolute Gasteiger partial charge is 0.116 e. The van der Waals surface area contributed by atoms with Gasteiger partial charge in [0.15, 0.2) is 0 Å². The van der Waals surface area contributed by atoms with Crippen LogP contribution < -0.4 is 11.5 Å². The summed E-state index contributed by atoms with van der Waals surface area (Å²) in [6.45, 7) is 16.1. The molecule has 1 aromatic rings. The third-order valence-corrected chi connectivity index (χ3v) is 3.23. The zero-order valence-electron chi connectivity index (χ0n) is 16.6. The van der Waals surface area contributed by atoms with E-state index >= 15 is 0 Å². The molecule has 4 N–H and O–H groups in total. The second kappa shape index (κ2) is 12.3. The zero-order chi connectivity index (χ0) is 19.3. The molecule has 0 aliphatic rings. The summed E-state index contributed by atoms with van der Waals surface area (Å²) in [7, 11) is 0. The number of aliphatic imine (C=N–C) groups is 1. The van der Waals surface area contributed by atoms with E-state index in [-0.39, 0.29) is 5.41 Å². The molecule has 0 spiro atoms. The molecular weight excluding hydrogens is 298 g/mol. The lowest BCUT2D eigenvalue weighted by Crippen LogP contribution is -2.14. The Morgan fingerprint density at radius 1 is 1.12 bits per heavy atom. The second-order valence-corrected chi connectivity index (χ2v) is 6.30. The highest BCUT2D eigenvalue weighted by atomic mass is 16.1. The topological polar surface area (TPSA) is 81.5 Å². The van der Waals surface area contributed by atoms with Gasteiger partial charge in [0.2, 0.25) is 0 Å². The van der Waals surface area contributed by atoms with Crippen LogP contribution >= 0.6 is 0 Å². The van der Waals surface area contributed by atoms with Crippen molar-refractivity contribution in [2.75, 3.05) is 11.5 Å². The van der Waals surface area contributed by atoms with Crippen LogP contribution in [0.3, 0.4) is 0 Å². The standard InChI is InChI=1S/C11H18N2.C7H13N.C2H4O/c1-7-5-9(12)10(13)6-8(7)11(2,3)4;1-4-7(5-2)8-6-3;1-2-3/h5-6H,12-13H2,1-4H3;4,6H,5H2,1-3H3;2H,1H3/b;7-4-,8-6?;. The normalized spacial score (nSPS) is 11.2. The Balaban J connectivity index is 0. The molecular formula is C20H35N3O. The van der Waals surface area contributed by atoms with Crippen LogP contribution in [0.4, 0.5) is 11.4 Å². The summed E-state index contributed by atoms with van der Waals surface area (Å²) in [5.74, 6) is 0. The molecule has 0 heterocycles. The van der Waals surface area contributed by atoms with Crippen molar-refractivity contribution in [2.24, 2.45) is 4.99 Å². The number of allylic oxidation sites excluding steroid dienone is 2. The van der Waals surface area contributed by atoms with E-state index in [4.69, 9.17) is 16.3 Å². The molecule has 0 saturated heterocycles. The van der Waals surface area contributed by atoms with Crippen LogP contribution in [0.15, 0.2) is 28.9 Å². The van der Waals surface area contributed by atoms with Gasteiger partial charge in [0.1, 0.15) is 6.29 Å². The number of rotatable bonds is 2. The summed E-state index contributed by atoms with van der Waals surface area (Å²) < 4.78 is 0. The van der Waals surface area contributed by atoms with Crippen molar-refractivity contribution >= 4 is 23.9 Å². The van der Waals surface area contributed by atoms with Crippen LogP contribution in [0, 0.1) is 6.92 Å². The van der Waals surface area contributed by atoms with E-state index in [9.17, 15) is 0 Å². The van der Waals surface area contributed by atoms with Gasteiger partial charge in [-0.05, 0) is 62.8 Å². The van der Waals surface area contributed by atoms with E-state index in [2.05, 4.69) is 39.6 Å². The number of carbonyl (C=O) groups is 1. The van der Waals surface area contributed by atoms with Crippen LogP contribution in [0.25, 0.3) is 0 Å². The van der Waals surface area contributed by atoms with Gasteiger partial charge in [0.25, 0.3) is 0 Å². The molecule has 0 radical (unpaired) electrons. The summed E-state index contributed by atoms with van der Waals surface area (Å²) in [6, 6.07) is 3.92. The molecule has 1 rings (SSSR count). The van der Waals surface area contributed by atoms with E-state index in [1.54, 1.807) is 0 Å². The van der Waals surface area contributed by atoms with E-state index in [0.717, 1.165) is 18.4 Å². The molecule has 0 atom stereocenters. The number of hydrogen-bond donors (Lipinski definition) is 2. The quantitative estimate of drug-likeness (QED) is 0.451. The van der Waals surface area contributed by atoms with Gasteiger partial charge in [0.05, 0.1) is 11.4 Å². The lowest BCUT2D eigenvalue weighted by Gasteiger charge is -2.22. The Bertz CT molecular complexity index is 550. The number of hydrogen-bond acceptors (Lipinski definition) is 4. The minimum atomic E-state index is 0.131. The molecule has 4 heteroatoms. The van der Waals surface area contributed by atoms with Crippen molar-refractivity contribution in [3.8, 4) is 0 Å². The van der Waals surface area contributed by atoms with Crippen molar-refractivity contribution in [2.45, 2.75) is 67.2 Å². The first-order valence-corrected chi connectivity index (χ1v) is 8.28. The average molecular weight is 334 g/mol. The Hall–Kier alpha value is -2.10. The summed E-state index contributed by atoms with van der Waals surface area (Å²) in [5.41, 5.74) is 16.6. The fourth-order valence-electron chi connectivity index (χ4n) is 2.09. The van der Waals surface area contributed by atoms with E-state index in [1.165, 1.54) is 18.1 Å². The summed E-state index contributed by atoms with van der Waals surface area (Å²) in [5, 5.41) is 0. The molecule has 0 bridgehead atoms. The summed E-state index contributed by atoms with van der Waals surface area (Å²) >= 11 is 0. The highest BCUT2D eigenvalue weighted by Gasteiger charge is 2.17. The maximum atomic E-state index is 8.81. The Labute approximate surface area is 148 Å². The van der Waals surface area contributed by atoms with E-state index in [0.29, 0.717) is 11.4 Å². The van der Waals surface area contributed by atoms with Gasteiger partial charge in [-0.1, -0.05) is 33.8 Å². The van der Waals surface area contributed by atoms with Crippen LogP contribution in [-0.2, 0) is 10.2 Å². The Morgan fingerprint density at radius 2 is 1.58 bits per heavy atom. The first-order valence-electron chi connectivity index (χ1n) is 8.28. The average Bonchev–Trinajstić information content (AvgIpc) is 2.49. The number of carbonyl (C=O) groups excluding carboxylic acids is 1. The molecule has 4 nitrogen and oxygen atoms in total. The molecule has 24 heavy (non-hydrogen) atoms. The fourth-order valence-corrected chi connectivity index (χ4v) is 2.09. The van der Waals surface area contributed by atoms with Gasteiger partial charge in [-0.25, -0.2) is 0 Å². The van der Waals surface area contributed by atoms with Gasteiger partial charge >= 0.3 is 0 Å². The zero-order valence-corrected chi connectivity index (χ0v) is 16.6. The lowest BCUT2D eigenvalue weighted by molar-refractivity contribution is -0.106. The molecule has 0 aliphatic carbocycles. The predicted octanol–water partition coefficient (Wildman–Crippen LogP) is 5.05. The van der Waals surface area contributed by atoms with Gasteiger partial charge in [-0.3, -0.25) is 4.99 Å². The molecule has 1 aromatic carbocycles. The van der Waals surface area contributed by atoms with Gasteiger partial charge in [-0.15, -0.1) is 0 Å². The minimum absolute atomic E-state index is 0.131.